The number of ether oxygens (including phenoxy) is 1. The first-order valence-corrected chi connectivity index (χ1v) is 8.63. The average Bonchev–Trinajstić information content (AvgIpc) is 2.53. The Bertz CT molecular complexity index is 777. The van der Waals surface area contributed by atoms with Crippen molar-refractivity contribution in [2.24, 2.45) is 0 Å². The number of carbonyl (C=O) groups excluding carboxylic acids is 1. The molecule has 3 rings (SSSR count). The summed E-state index contributed by atoms with van der Waals surface area (Å²) in [6.07, 6.45) is -0.482. The maximum absolute atomic E-state index is 13.5. The van der Waals surface area contributed by atoms with Crippen molar-refractivity contribution in [1.82, 2.24) is 9.80 Å². The van der Waals surface area contributed by atoms with E-state index in [-0.39, 0.29) is 17.6 Å². The zero-order valence-corrected chi connectivity index (χ0v) is 14.9. The average molecular weight is 360 g/mol. The zero-order valence-electron chi connectivity index (χ0n) is 14.9. The zero-order chi connectivity index (χ0) is 18.7. The smallest absolute Gasteiger partial charge is 0.410 e. The Kier molecular flexibility index (Phi) is 5.52. The maximum Gasteiger partial charge on any atom is 0.415 e. The van der Waals surface area contributed by atoms with Crippen molar-refractivity contribution in [3.8, 4) is 5.75 Å². The molecule has 0 radical (unpaired) electrons. The minimum atomic E-state index is -0.482. The Morgan fingerprint density at radius 2 is 1.96 bits per heavy atom. The molecule has 26 heavy (non-hydrogen) atoms. The molecule has 4 nitrogen and oxygen atoms in total. The van der Waals surface area contributed by atoms with E-state index in [9.17, 15) is 13.6 Å². The molecule has 0 spiro atoms. The first kappa shape index (κ1) is 18.3. The molecular weight excluding hydrogens is 338 g/mol. The van der Waals surface area contributed by atoms with Crippen LogP contribution in [0, 0.1) is 18.6 Å². The van der Waals surface area contributed by atoms with Crippen LogP contribution in [0.2, 0.25) is 0 Å². The van der Waals surface area contributed by atoms with Crippen LogP contribution in [0.4, 0.5) is 13.6 Å². The van der Waals surface area contributed by atoms with Crippen molar-refractivity contribution >= 4 is 6.09 Å². The van der Waals surface area contributed by atoms with E-state index < -0.39 is 11.9 Å². The number of amides is 1. The van der Waals surface area contributed by atoms with Crippen LogP contribution in [0.1, 0.15) is 18.1 Å². The summed E-state index contributed by atoms with van der Waals surface area (Å²) in [5.74, 6) is -0.483. The van der Waals surface area contributed by atoms with Crippen LogP contribution in [0.25, 0.3) is 0 Å². The molecule has 1 amide bonds. The number of nitrogens with zero attached hydrogens (tertiary/aromatic N) is 2. The Labute approximate surface area is 152 Å². The van der Waals surface area contributed by atoms with Gasteiger partial charge in [-0.3, -0.25) is 4.90 Å². The second kappa shape index (κ2) is 7.83. The molecular formula is C20H22F2N2O2. The summed E-state index contributed by atoms with van der Waals surface area (Å²) in [5, 5.41) is 0. The monoisotopic (exact) mass is 360 g/mol. The van der Waals surface area contributed by atoms with Gasteiger partial charge in [0.05, 0.1) is 0 Å². The molecule has 1 aliphatic rings. The van der Waals surface area contributed by atoms with Gasteiger partial charge in [-0.25, -0.2) is 13.6 Å². The van der Waals surface area contributed by atoms with Gasteiger partial charge in [0.15, 0.2) is 0 Å². The molecule has 1 aliphatic heterocycles. The second-order valence-electron chi connectivity index (χ2n) is 6.74. The number of hydrogen-bond donors (Lipinski definition) is 0. The van der Waals surface area contributed by atoms with E-state index in [1.165, 1.54) is 24.3 Å². The van der Waals surface area contributed by atoms with Gasteiger partial charge in [0.25, 0.3) is 0 Å². The lowest BCUT2D eigenvalue weighted by molar-refractivity contribution is 0.0752. The standard InChI is InChI=1S/C20H22F2N2O2/c1-14-8-16(10-18(22)9-14)13-23-6-7-24(15(2)12-23)20(25)26-19-5-3-4-17(21)11-19/h3-5,8-11,15H,6-7,12-13H2,1-2H3/t15-/m1/s1. The number of hydrogen-bond acceptors (Lipinski definition) is 3. The van der Waals surface area contributed by atoms with Gasteiger partial charge in [0.2, 0.25) is 0 Å². The van der Waals surface area contributed by atoms with Crippen LogP contribution in [-0.2, 0) is 6.54 Å². The van der Waals surface area contributed by atoms with Crippen molar-refractivity contribution in [1.29, 1.82) is 0 Å². The van der Waals surface area contributed by atoms with Gasteiger partial charge in [0, 0.05) is 38.3 Å². The van der Waals surface area contributed by atoms with Gasteiger partial charge in [-0.1, -0.05) is 12.1 Å². The van der Waals surface area contributed by atoms with Crippen LogP contribution in [0.15, 0.2) is 42.5 Å². The third-order valence-corrected chi connectivity index (χ3v) is 4.46. The first-order valence-electron chi connectivity index (χ1n) is 8.63. The van der Waals surface area contributed by atoms with E-state index in [2.05, 4.69) is 4.90 Å². The molecule has 2 aromatic rings. The third-order valence-electron chi connectivity index (χ3n) is 4.46. The number of halogens is 2. The fourth-order valence-corrected chi connectivity index (χ4v) is 3.30. The summed E-state index contributed by atoms with van der Waals surface area (Å²) in [4.78, 5) is 16.2. The summed E-state index contributed by atoms with van der Waals surface area (Å²) in [6.45, 7) is 6.27. The Morgan fingerprint density at radius 3 is 2.65 bits per heavy atom. The molecule has 0 aromatic heterocycles. The largest absolute Gasteiger partial charge is 0.415 e. The quantitative estimate of drug-likeness (QED) is 0.830. The highest BCUT2D eigenvalue weighted by Gasteiger charge is 2.28. The lowest BCUT2D eigenvalue weighted by atomic mass is 10.1. The summed E-state index contributed by atoms with van der Waals surface area (Å²) >= 11 is 0. The molecule has 0 N–H and O–H groups in total. The minimum absolute atomic E-state index is 0.0561. The second-order valence-corrected chi connectivity index (χ2v) is 6.74. The van der Waals surface area contributed by atoms with Crippen molar-refractivity contribution in [2.75, 3.05) is 19.6 Å². The number of aryl methyl sites for hydroxylation is 1. The molecule has 0 aliphatic carbocycles. The van der Waals surface area contributed by atoms with Gasteiger partial charge in [-0.15, -0.1) is 0 Å². The molecule has 1 heterocycles. The summed E-state index contributed by atoms with van der Waals surface area (Å²) in [5.41, 5.74) is 1.82. The number of carbonyl (C=O) groups is 1. The van der Waals surface area contributed by atoms with Crippen LogP contribution in [0.5, 0.6) is 5.75 Å². The molecule has 2 aromatic carbocycles. The highest BCUT2D eigenvalue weighted by atomic mass is 19.1. The summed E-state index contributed by atoms with van der Waals surface area (Å²) in [7, 11) is 0. The maximum atomic E-state index is 13.5. The topological polar surface area (TPSA) is 32.8 Å². The van der Waals surface area contributed by atoms with Gasteiger partial charge >= 0.3 is 6.09 Å². The first-order chi connectivity index (χ1) is 12.4. The predicted molar refractivity (Wildman–Crippen MR) is 95.0 cm³/mol. The van der Waals surface area contributed by atoms with E-state index >= 15 is 0 Å². The summed E-state index contributed by atoms with van der Waals surface area (Å²) < 4.78 is 32.0. The molecule has 1 fully saturated rings. The van der Waals surface area contributed by atoms with E-state index in [0.717, 1.165) is 11.1 Å². The lowest BCUT2D eigenvalue weighted by Crippen LogP contribution is -2.54. The molecule has 0 unspecified atom stereocenters. The van der Waals surface area contributed by atoms with E-state index in [4.69, 9.17) is 4.74 Å². The highest BCUT2D eigenvalue weighted by molar-refractivity contribution is 5.71. The van der Waals surface area contributed by atoms with Crippen molar-refractivity contribution in [3.05, 3.63) is 65.2 Å². The number of benzene rings is 2. The van der Waals surface area contributed by atoms with Crippen molar-refractivity contribution in [3.63, 3.8) is 0 Å². The van der Waals surface area contributed by atoms with E-state index in [0.29, 0.717) is 26.2 Å². The normalized spacial score (nSPS) is 18.0. The van der Waals surface area contributed by atoms with Gasteiger partial charge < -0.3 is 9.64 Å². The fraction of sp³-hybridized carbons (Fsp3) is 0.350. The Morgan fingerprint density at radius 1 is 1.15 bits per heavy atom. The van der Waals surface area contributed by atoms with Gasteiger partial charge in [-0.2, -0.15) is 0 Å². The molecule has 0 saturated carbocycles. The minimum Gasteiger partial charge on any atom is -0.410 e. The van der Waals surface area contributed by atoms with Crippen LogP contribution in [0.3, 0.4) is 0 Å². The predicted octanol–water partition coefficient (Wildman–Crippen LogP) is 3.98. The fourth-order valence-electron chi connectivity index (χ4n) is 3.30. The highest BCUT2D eigenvalue weighted by Crippen LogP contribution is 2.18. The van der Waals surface area contributed by atoms with Crippen molar-refractivity contribution in [2.45, 2.75) is 26.4 Å². The lowest BCUT2D eigenvalue weighted by Gasteiger charge is -2.39. The SMILES string of the molecule is Cc1cc(F)cc(CN2CCN(C(=O)Oc3cccc(F)c3)[C@H](C)C2)c1. The number of piperazine rings is 1. The molecule has 138 valence electrons. The number of rotatable bonds is 3. The van der Waals surface area contributed by atoms with Gasteiger partial charge in [0.1, 0.15) is 17.4 Å². The van der Waals surface area contributed by atoms with E-state index in [1.54, 1.807) is 17.0 Å². The molecule has 1 saturated heterocycles. The Hall–Kier alpha value is -2.47. The molecule has 0 bridgehead atoms. The summed E-state index contributed by atoms with van der Waals surface area (Å²) in [6, 6.07) is 10.5. The molecule has 1 atom stereocenters. The molecule has 6 heteroatoms. The van der Waals surface area contributed by atoms with Crippen LogP contribution >= 0.6 is 0 Å². The van der Waals surface area contributed by atoms with Crippen LogP contribution < -0.4 is 4.74 Å². The third kappa shape index (κ3) is 4.58. The van der Waals surface area contributed by atoms with E-state index in [1.807, 2.05) is 19.9 Å². The van der Waals surface area contributed by atoms with Gasteiger partial charge in [-0.05, 0) is 49.2 Å². The van der Waals surface area contributed by atoms with Crippen LogP contribution in [-0.4, -0.2) is 41.6 Å². The Balaban J connectivity index is 1.58. The van der Waals surface area contributed by atoms with Crippen molar-refractivity contribution < 1.29 is 18.3 Å².